The quantitative estimate of drug-likeness (QED) is 0.854. The Balaban J connectivity index is 2.00. The minimum atomic E-state index is -0.535. The third-order valence-electron chi connectivity index (χ3n) is 3.03. The molecule has 1 saturated carbocycles. The number of halogens is 2. The van der Waals surface area contributed by atoms with Crippen LogP contribution in [0.25, 0.3) is 0 Å². The molecule has 1 aromatic carbocycles. The van der Waals surface area contributed by atoms with E-state index >= 15 is 0 Å². The van der Waals surface area contributed by atoms with Crippen molar-refractivity contribution in [1.82, 2.24) is 0 Å². The predicted molar refractivity (Wildman–Crippen MR) is 65.4 cm³/mol. The SMILES string of the molecule is N[C@H]1CC[C@@H](C(=O)Nc2ccc(Cl)c(F)c2)C1. The molecule has 0 aliphatic heterocycles. The molecular formula is C12H14ClFN2O. The van der Waals surface area contributed by atoms with E-state index in [1.807, 2.05) is 0 Å². The molecule has 3 N–H and O–H groups in total. The van der Waals surface area contributed by atoms with Gasteiger partial charge in [0.15, 0.2) is 0 Å². The van der Waals surface area contributed by atoms with E-state index in [-0.39, 0.29) is 22.9 Å². The Hall–Kier alpha value is -1.13. The normalized spacial score (nSPS) is 23.7. The van der Waals surface area contributed by atoms with Crippen LogP contribution >= 0.6 is 11.6 Å². The molecule has 3 nitrogen and oxygen atoms in total. The molecule has 1 aromatic rings. The summed E-state index contributed by atoms with van der Waals surface area (Å²) in [5, 5.41) is 2.73. The van der Waals surface area contributed by atoms with Gasteiger partial charge in [0.2, 0.25) is 5.91 Å². The van der Waals surface area contributed by atoms with Gasteiger partial charge in [-0.1, -0.05) is 11.6 Å². The Bertz CT molecular complexity index is 439. The number of amides is 1. The topological polar surface area (TPSA) is 55.1 Å². The van der Waals surface area contributed by atoms with E-state index < -0.39 is 5.82 Å². The highest BCUT2D eigenvalue weighted by Crippen LogP contribution is 2.26. The number of anilines is 1. The second kappa shape index (κ2) is 5.02. The van der Waals surface area contributed by atoms with Gasteiger partial charge in [0.05, 0.1) is 5.02 Å². The van der Waals surface area contributed by atoms with Crippen molar-refractivity contribution in [1.29, 1.82) is 0 Å². The lowest BCUT2D eigenvalue weighted by Crippen LogP contribution is -2.23. The Morgan fingerprint density at radius 1 is 1.47 bits per heavy atom. The van der Waals surface area contributed by atoms with Gasteiger partial charge in [0, 0.05) is 17.6 Å². The molecule has 17 heavy (non-hydrogen) atoms. The first kappa shape index (κ1) is 12.3. The van der Waals surface area contributed by atoms with Gasteiger partial charge in [-0.3, -0.25) is 4.79 Å². The van der Waals surface area contributed by atoms with Crippen LogP contribution in [0.5, 0.6) is 0 Å². The average Bonchev–Trinajstić information content (AvgIpc) is 2.70. The summed E-state index contributed by atoms with van der Waals surface area (Å²) in [6.07, 6.45) is 2.36. The smallest absolute Gasteiger partial charge is 0.227 e. The van der Waals surface area contributed by atoms with Crippen LogP contribution in [0.4, 0.5) is 10.1 Å². The summed E-state index contributed by atoms with van der Waals surface area (Å²) in [6, 6.07) is 4.33. The molecule has 0 radical (unpaired) electrons. The van der Waals surface area contributed by atoms with Crippen molar-refractivity contribution in [2.24, 2.45) is 11.7 Å². The third kappa shape index (κ3) is 2.96. The van der Waals surface area contributed by atoms with Crippen LogP contribution in [-0.4, -0.2) is 11.9 Å². The highest BCUT2D eigenvalue weighted by Gasteiger charge is 2.27. The van der Waals surface area contributed by atoms with Crippen LogP contribution in [0.15, 0.2) is 18.2 Å². The Morgan fingerprint density at radius 2 is 2.24 bits per heavy atom. The number of carbonyl (C=O) groups excluding carboxylic acids is 1. The Morgan fingerprint density at radius 3 is 2.82 bits per heavy atom. The van der Waals surface area contributed by atoms with Crippen LogP contribution in [0.2, 0.25) is 5.02 Å². The first-order valence-electron chi connectivity index (χ1n) is 5.58. The van der Waals surface area contributed by atoms with Crippen LogP contribution in [0, 0.1) is 11.7 Å². The Kier molecular flexibility index (Phi) is 3.64. The van der Waals surface area contributed by atoms with Crippen LogP contribution in [0.3, 0.4) is 0 Å². The molecule has 92 valence electrons. The maximum Gasteiger partial charge on any atom is 0.227 e. The van der Waals surface area contributed by atoms with Crippen LogP contribution in [-0.2, 0) is 4.79 Å². The monoisotopic (exact) mass is 256 g/mol. The molecule has 1 fully saturated rings. The fraction of sp³-hybridized carbons (Fsp3) is 0.417. The number of nitrogens with one attached hydrogen (secondary N) is 1. The molecule has 0 bridgehead atoms. The van der Waals surface area contributed by atoms with Gasteiger partial charge in [0.1, 0.15) is 5.82 Å². The summed E-state index contributed by atoms with van der Waals surface area (Å²) in [4.78, 5) is 11.8. The van der Waals surface area contributed by atoms with E-state index in [0.29, 0.717) is 12.1 Å². The predicted octanol–water partition coefficient (Wildman–Crippen LogP) is 2.54. The van der Waals surface area contributed by atoms with E-state index in [4.69, 9.17) is 17.3 Å². The van der Waals surface area contributed by atoms with Crippen molar-refractivity contribution >= 4 is 23.2 Å². The van der Waals surface area contributed by atoms with E-state index in [1.54, 1.807) is 6.07 Å². The number of carbonyl (C=O) groups is 1. The molecule has 0 spiro atoms. The summed E-state index contributed by atoms with van der Waals surface area (Å²) in [5.41, 5.74) is 6.17. The number of benzene rings is 1. The zero-order chi connectivity index (χ0) is 12.4. The molecule has 1 aliphatic carbocycles. The molecule has 1 aliphatic rings. The van der Waals surface area contributed by atoms with E-state index in [9.17, 15) is 9.18 Å². The molecule has 5 heteroatoms. The molecule has 0 aromatic heterocycles. The molecule has 0 saturated heterocycles. The van der Waals surface area contributed by atoms with Crippen molar-refractivity contribution in [3.8, 4) is 0 Å². The van der Waals surface area contributed by atoms with Gasteiger partial charge in [-0.05, 0) is 37.5 Å². The van der Waals surface area contributed by atoms with E-state index in [2.05, 4.69) is 5.32 Å². The zero-order valence-corrected chi connectivity index (χ0v) is 10.0. The third-order valence-corrected chi connectivity index (χ3v) is 3.34. The van der Waals surface area contributed by atoms with Gasteiger partial charge in [-0.2, -0.15) is 0 Å². The minimum absolute atomic E-state index is 0.0471. The fourth-order valence-electron chi connectivity index (χ4n) is 2.07. The maximum atomic E-state index is 13.2. The highest BCUT2D eigenvalue weighted by molar-refractivity contribution is 6.30. The van der Waals surface area contributed by atoms with Gasteiger partial charge >= 0.3 is 0 Å². The highest BCUT2D eigenvalue weighted by atomic mass is 35.5. The molecule has 0 unspecified atom stereocenters. The molecule has 1 amide bonds. The van der Waals surface area contributed by atoms with Crippen molar-refractivity contribution in [2.75, 3.05) is 5.32 Å². The second-order valence-corrected chi connectivity index (χ2v) is 4.80. The Labute approximate surface area is 104 Å². The van der Waals surface area contributed by atoms with Crippen molar-refractivity contribution in [2.45, 2.75) is 25.3 Å². The van der Waals surface area contributed by atoms with Gasteiger partial charge in [0.25, 0.3) is 0 Å². The van der Waals surface area contributed by atoms with E-state index in [0.717, 1.165) is 12.8 Å². The minimum Gasteiger partial charge on any atom is -0.328 e. The van der Waals surface area contributed by atoms with Crippen LogP contribution < -0.4 is 11.1 Å². The summed E-state index contributed by atoms with van der Waals surface area (Å²) in [5.74, 6) is -0.698. The summed E-state index contributed by atoms with van der Waals surface area (Å²) < 4.78 is 13.2. The second-order valence-electron chi connectivity index (χ2n) is 4.39. The molecule has 0 heterocycles. The molecule has 2 atom stereocenters. The standard InChI is InChI=1S/C12H14ClFN2O/c13-10-4-3-9(6-11(10)14)16-12(17)7-1-2-8(15)5-7/h3-4,6-8H,1-2,5,15H2,(H,16,17)/t7-,8+/m1/s1. The molecular weight excluding hydrogens is 243 g/mol. The maximum absolute atomic E-state index is 13.2. The van der Waals surface area contributed by atoms with Gasteiger partial charge in [-0.15, -0.1) is 0 Å². The first-order chi connectivity index (χ1) is 8.06. The largest absolute Gasteiger partial charge is 0.328 e. The van der Waals surface area contributed by atoms with Crippen molar-refractivity contribution in [3.05, 3.63) is 29.0 Å². The molecule has 2 rings (SSSR count). The van der Waals surface area contributed by atoms with Crippen molar-refractivity contribution in [3.63, 3.8) is 0 Å². The lowest BCUT2D eigenvalue weighted by atomic mass is 10.1. The lowest BCUT2D eigenvalue weighted by Gasteiger charge is -2.11. The number of hydrogen-bond acceptors (Lipinski definition) is 2. The fourth-order valence-corrected chi connectivity index (χ4v) is 2.19. The summed E-state index contributed by atoms with van der Waals surface area (Å²) in [6.45, 7) is 0. The summed E-state index contributed by atoms with van der Waals surface area (Å²) >= 11 is 5.56. The van der Waals surface area contributed by atoms with Crippen LogP contribution in [0.1, 0.15) is 19.3 Å². The van der Waals surface area contributed by atoms with Gasteiger partial charge in [-0.25, -0.2) is 4.39 Å². The van der Waals surface area contributed by atoms with Crippen molar-refractivity contribution < 1.29 is 9.18 Å². The number of nitrogens with two attached hydrogens (primary N) is 1. The lowest BCUT2D eigenvalue weighted by molar-refractivity contribution is -0.119. The summed E-state index contributed by atoms with van der Waals surface area (Å²) in [7, 11) is 0. The number of rotatable bonds is 2. The number of hydrogen-bond donors (Lipinski definition) is 2. The van der Waals surface area contributed by atoms with E-state index in [1.165, 1.54) is 12.1 Å². The first-order valence-corrected chi connectivity index (χ1v) is 5.95. The zero-order valence-electron chi connectivity index (χ0n) is 9.25. The average molecular weight is 257 g/mol. The van der Waals surface area contributed by atoms with Gasteiger partial charge < -0.3 is 11.1 Å².